The number of nitrogens with zero attached hydrogens (tertiary/aromatic N) is 1. The zero-order chi connectivity index (χ0) is 7.61. The molecule has 1 aromatic heterocycles. The van der Waals surface area contributed by atoms with E-state index in [9.17, 15) is 4.57 Å². The van der Waals surface area contributed by atoms with E-state index in [1.54, 1.807) is 5.38 Å². The van der Waals surface area contributed by atoms with Crippen LogP contribution >= 0.6 is 19.0 Å². The van der Waals surface area contributed by atoms with E-state index in [1.165, 1.54) is 0 Å². The Labute approximate surface area is 61.6 Å². The summed E-state index contributed by atoms with van der Waals surface area (Å²) in [5.41, 5.74) is 9.78. The van der Waals surface area contributed by atoms with Crippen molar-refractivity contribution in [2.45, 2.75) is 0 Å². The number of aromatic nitrogens is 1. The molecule has 1 aromatic rings. The standard InChI is InChI=1S/C3H5N3O2PS/c4-9(5,7)8-3-6-1-2-10-3/h2H,(H4,4,5,7)/q-1. The molecule has 0 radical (unpaired) electrons. The summed E-state index contributed by atoms with van der Waals surface area (Å²) in [6.07, 6.45) is 2.46. The number of hydrogen-bond acceptors (Lipinski definition) is 4. The molecule has 1 heterocycles. The predicted octanol–water partition coefficient (Wildman–Crippen LogP) is 0.348. The van der Waals surface area contributed by atoms with Crippen molar-refractivity contribution in [1.29, 1.82) is 0 Å². The molecule has 5 nitrogen and oxygen atoms in total. The van der Waals surface area contributed by atoms with Crippen molar-refractivity contribution in [2.24, 2.45) is 11.0 Å². The second-order valence-corrected chi connectivity index (χ2v) is 3.77. The van der Waals surface area contributed by atoms with E-state index < -0.39 is 7.67 Å². The quantitative estimate of drug-likeness (QED) is 0.503. The lowest BCUT2D eigenvalue weighted by Crippen LogP contribution is -2.10. The number of hydrogen-bond donors (Lipinski definition) is 2. The lowest BCUT2D eigenvalue weighted by Gasteiger charge is -2.10. The molecule has 0 unspecified atom stereocenters. The fourth-order valence-electron chi connectivity index (χ4n) is 0.346. The van der Waals surface area contributed by atoms with Crippen molar-refractivity contribution < 1.29 is 9.09 Å². The van der Waals surface area contributed by atoms with Gasteiger partial charge in [0, 0.05) is 0 Å². The van der Waals surface area contributed by atoms with E-state index in [2.05, 4.69) is 15.7 Å². The molecule has 0 spiro atoms. The second-order valence-electron chi connectivity index (χ2n) is 1.48. The first-order chi connectivity index (χ1) is 4.58. The summed E-state index contributed by atoms with van der Waals surface area (Å²) >= 11 is 1.13. The van der Waals surface area contributed by atoms with Crippen LogP contribution in [0.1, 0.15) is 0 Å². The van der Waals surface area contributed by atoms with Gasteiger partial charge >= 0.3 is 7.67 Å². The van der Waals surface area contributed by atoms with Crippen LogP contribution in [0.3, 0.4) is 0 Å². The van der Waals surface area contributed by atoms with Gasteiger partial charge in [0.15, 0.2) is 0 Å². The highest BCUT2D eigenvalue weighted by Crippen LogP contribution is 2.30. The van der Waals surface area contributed by atoms with Crippen LogP contribution in [0.2, 0.25) is 0 Å². The Morgan fingerprint density at radius 2 is 2.50 bits per heavy atom. The van der Waals surface area contributed by atoms with Crippen LogP contribution in [0.15, 0.2) is 5.38 Å². The van der Waals surface area contributed by atoms with Crippen LogP contribution in [0.25, 0.3) is 0 Å². The Kier molecular flexibility index (Phi) is 2.05. The summed E-state index contributed by atoms with van der Waals surface area (Å²) in [6, 6.07) is 0. The largest absolute Gasteiger partial charge is 0.488 e. The Morgan fingerprint density at radius 1 is 1.80 bits per heavy atom. The summed E-state index contributed by atoms with van der Waals surface area (Å²) in [5.74, 6) is 0. The van der Waals surface area contributed by atoms with Gasteiger partial charge in [-0.05, 0) is 0 Å². The Morgan fingerprint density at radius 3 is 2.90 bits per heavy atom. The van der Waals surface area contributed by atoms with E-state index >= 15 is 0 Å². The third-order valence-electron chi connectivity index (χ3n) is 0.589. The highest BCUT2D eigenvalue weighted by Gasteiger charge is 2.05. The third-order valence-corrected chi connectivity index (χ3v) is 1.77. The first-order valence-electron chi connectivity index (χ1n) is 2.26. The molecule has 0 atom stereocenters. The summed E-state index contributed by atoms with van der Waals surface area (Å²) < 4.78 is 15.1. The van der Waals surface area contributed by atoms with Gasteiger partial charge in [-0.3, -0.25) is 0 Å². The van der Waals surface area contributed by atoms with E-state index in [-0.39, 0.29) is 5.19 Å². The third kappa shape index (κ3) is 2.45. The van der Waals surface area contributed by atoms with Crippen LogP contribution in [0.5, 0.6) is 5.19 Å². The van der Waals surface area contributed by atoms with Gasteiger partial charge in [0.2, 0.25) is 0 Å². The lowest BCUT2D eigenvalue weighted by atomic mass is 11.0. The fourth-order valence-corrected chi connectivity index (χ4v) is 1.46. The zero-order valence-electron chi connectivity index (χ0n) is 4.85. The average Bonchev–Trinajstić information content (AvgIpc) is 2.12. The molecule has 4 N–H and O–H groups in total. The number of nitrogens with two attached hydrogens (primary N) is 2. The first kappa shape index (κ1) is 7.68. The molecule has 7 heteroatoms. The van der Waals surface area contributed by atoms with Crippen molar-refractivity contribution in [1.82, 2.24) is 4.98 Å². The molecule has 0 aliphatic carbocycles. The molecule has 1 rings (SSSR count). The summed E-state index contributed by atoms with van der Waals surface area (Å²) in [4.78, 5) is 3.54. The molecular weight excluding hydrogens is 173 g/mol. The summed E-state index contributed by atoms with van der Waals surface area (Å²) in [5, 5.41) is 1.72. The molecule has 0 amide bonds. The molecular formula is C3H5N3O2PS-. The van der Waals surface area contributed by atoms with Crippen LogP contribution in [-0.4, -0.2) is 4.98 Å². The summed E-state index contributed by atoms with van der Waals surface area (Å²) in [6.45, 7) is 0. The molecule has 10 heavy (non-hydrogen) atoms. The van der Waals surface area contributed by atoms with Gasteiger partial charge in [-0.2, -0.15) is 0 Å². The molecule has 0 aliphatic rings. The normalized spacial score (nSPS) is 11.4. The van der Waals surface area contributed by atoms with Crippen LogP contribution in [0, 0.1) is 6.20 Å². The smallest absolute Gasteiger partial charge is 0.369 e. The minimum absolute atomic E-state index is 0.174. The Balaban J connectivity index is 2.66. The van der Waals surface area contributed by atoms with Crippen molar-refractivity contribution in [3.63, 3.8) is 0 Å². The second kappa shape index (κ2) is 2.67. The first-order valence-corrected chi connectivity index (χ1v) is 4.90. The summed E-state index contributed by atoms with van der Waals surface area (Å²) in [7, 11) is -3.43. The van der Waals surface area contributed by atoms with Gasteiger partial charge in [0.25, 0.3) is 0 Å². The van der Waals surface area contributed by atoms with E-state index in [1.807, 2.05) is 0 Å². The van der Waals surface area contributed by atoms with E-state index in [0.717, 1.165) is 11.3 Å². The molecule has 0 fully saturated rings. The number of thiazole rings is 1. The minimum Gasteiger partial charge on any atom is -0.488 e. The van der Waals surface area contributed by atoms with Crippen LogP contribution in [-0.2, 0) is 4.57 Å². The molecule has 0 saturated carbocycles. The van der Waals surface area contributed by atoms with E-state index in [0.29, 0.717) is 0 Å². The van der Waals surface area contributed by atoms with Gasteiger partial charge in [0.05, 0.1) is 0 Å². The molecule has 0 bridgehead atoms. The topological polar surface area (TPSA) is 91.2 Å². The van der Waals surface area contributed by atoms with Gasteiger partial charge in [-0.25, -0.2) is 26.9 Å². The Bertz CT molecular complexity index is 242. The van der Waals surface area contributed by atoms with Crippen LogP contribution < -0.4 is 15.5 Å². The van der Waals surface area contributed by atoms with Crippen molar-refractivity contribution in [3.8, 4) is 5.19 Å². The SMILES string of the molecule is NP(N)(=O)Oc1n[c-]cs1. The maximum Gasteiger partial charge on any atom is 0.369 e. The lowest BCUT2D eigenvalue weighted by molar-refractivity contribution is 0.482. The van der Waals surface area contributed by atoms with Crippen LogP contribution in [0.4, 0.5) is 0 Å². The maximum absolute atomic E-state index is 10.6. The fraction of sp³-hybridized carbons (Fsp3) is 0. The van der Waals surface area contributed by atoms with Gasteiger partial charge in [0.1, 0.15) is 5.19 Å². The zero-order valence-corrected chi connectivity index (χ0v) is 6.56. The number of rotatable bonds is 2. The van der Waals surface area contributed by atoms with Crippen molar-refractivity contribution >= 4 is 19.0 Å². The van der Waals surface area contributed by atoms with Gasteiger partial charge in [-0.1, -0.05) is 5.38 Å². The maximum atomic E-state index is 10.6. The highest BCUT2D eigenvalue weighted by atomic mass is 32.1. The molecule has 0 saturated heterocycles. The van der Waals surface area contributed by atoms with E-state index in [4.69, 9.17) is 11.0 Å². The molecule has 0 aromatic carbocycles. The molecule has 0 aliphatic heterocycles. The highest BCUT2D eigenvalue weighted by molar-refractivity contribution is 7.54. The van der Waals surface area contributed by atoms with Crippen molar-refractivity contribution in [3.05, 3.63) is 11.6 Å². The Hall–Kier alpha value is -0.420. The minimum atomic E-state index is -3.43. The molecule has 56 valence electrons. The van der Waals surface area contributed by atoms with Gasteiger partial charge < -0.3 is 9.51 Å². The predicted molar refractivity (Wildman–Crippen MR) is 37.6 cm³/mol. The average molecular weight is 178 g/mol. The van der Waals surface area contributed by atoms with Gasteiger partial charge in [-0.15, -0.1) is 6.20 Å². The van der Waals surface area contributed by atoms with Crippen molar-refractivity contribution in [2.75, 3.05) is 0 Å². The monoisotopic (exact) mass is 178 g/mol.